The van der Waals surface area contributed by atoms with E-state index in [2.05, 4.69) is 25.9 Å². The molecule has 1 aromatic heterocycles. The van der Waals surface area contributed by atoms with Crippen molar-refractivity contribution in [2.45, 2.75) is 43.1 Å². The molecule has 254 valence electrons. The van der Waals surface area contributed by atoms with E-state index in [1.54, 1.807) is 0 Å². The van der Waals surface area contributed by atoms with Crippen LogP contribution in [-0.2, 0) is 26.9 Å². The highest BCUT2D eigenvalue weighted by molar-refractivity contribution is 5.98. The minimum absolute atomic E-state index is 0.143. The molecule has 12 heteroatoms. The number of nitrogens with zero attached hydrogens (tertiary/aromatic N) is 1. The summed E-state index contributed by atoms with van der Waals surface area (Å²) in [6, 6.07) is 28.7. The number of morpholine rings is 1. The van der Waals surface area contributed by atoms with Crippen molar-refractivity contribution in [1.82, 2.24) is 20.6 Å². The molecule has 4 N–H and O–H groups in total. The first-order valence-corrected chi connectivity index (χ1v) is 15.9. The van der Waals surface area contributed by atoms with Crippen molar-refractivity contribution in [3.05, 3.63) is 131 Å². The number of nitrogens with one attached hydrogen (secondary N) is 4. The fourth-order valence-electron chi connectivity index (χ4n) is 6.13. The molecule has 5 aromatic rings. The molecule has 0 radical (unpaired) electrons. The molecule has 1 saturated heterocycles. The number of hydrogen-bond acceptors (Lipinski definition) is 6. The van der Waals surface area contributed by atoms with E-state index in [4.69, 9.17) is 9.47 Å². The highest BCUT2D eigenvalue weighted by atomic mass is 19.4. The second kappa shape index (κ2) is 14.9. The van der Waals surface area contributed by atoms with E-state index < -0.39 is 35.7 Å². The van der Waals surface area contributed by atoms with Crippen LogP contribution in [0.3, 0.4) is 0 Å². The number of imidazole rings is 1. The van der Waals surface area contributed by atoms with E-state index in [1.165, 1.54) is 13.2 Å². The number of alkyl halides is 3. The van der Waals surface area contributed by atoms with Gasteiger partial charge in [0.05, 0.1) is 42.5 Å². The molecular weight excluding hydrogens is 635 g/mol. The molecule has 49 heavy (non-hydrogen) atoms. The zero-order valence-corrected chi connectivity index (χ0v) is 26.7. The highest BCUT2D eigenvalue weighted by Gasteiger charge is 2.34. The van der Waals surface area contributed by atoms with Crippen LogP contribution < -0.4 is 16.0 Å². The number of halogens is 3. The van der Waals surface area contributed by atoms with Gasteiger partial charge in [0.1, 0.15) is 11.9 Å². The lowest BCUT2D eigenvalue weighted by molar-refractivity contribution is -0.137. The van der Waals surface area contributed by atoms with Gasteiger partial charge in [-0.1, -0.05) is 78.9 Å². The number of aryl methyl sites for hydroxylation is 1. The number of ether oxygens (including phenoxy) is 2. The lowest BCUT2D eigenvalue weighted by Crippen LogP contribution is -2.48. The number of carbonyl (C=O) groups excluding carboxylic acids is 2. The summed E-state index contributed by atoms with van der Waals surface area (Å²) < 4.78 is 50.5. The van der Waals surface area contributed by atoms with Gasteiger partial charge in [-0.15, -0.1) is 0 Å². The molecule has 6 rings (SSSR count). The fraction of sp³-hybridized carbons (Fsp3) is 0.270. The number of hydrogen-bond donors (Lipinski definition) is 4. The number of aromatic nitrogens is 2. The Morgan fingerprint density at radius 2 is 1.63 bits per heavy atom. The van der Waals surface area contributed by atoms with Crippen molar-refractivity contribution in [2.24, 2.45) is 0 Å². The SMILES string of the molecule is COC(=O)NC(C(=O)Nc1ccccc1CC[C@@H]1CN[C@H](c2nc3ccc(C(F)(F)F)cc3[nH]2)CO1)C(c1ccccc1)c1ccccc1. The third kappa shape index (κ3) is 8.10. The Kier molecular flexibility index (Phi) is 10.3. The molecule has 2 heterocycles. The van der Waals surface area contributed by atoms with Crippen LogP contribution in [0.4, 0.5) is 23.7 Å². The summed E-state index contributed by atoms with van der Waals surface area (Å²) >= 11 is 0. The van der Waals surface area contributed by atoms with Gasteiger partial charge in [0.15, 0.2) is 0 Å². The van der Waals surface area contributed by atoms with Crippen LogP contribution >= 0.6 is 0 Å². The van der Waals surface area contributed by atoms with E-state index in [1.807, 2.05) is 84.9 Å². The quantitative estimate of drug-likeness (QED) is 0.131. The van der Waals surface area contributed by atoms with E-state index in [0.29, 0.717) is 41.9 Å². The standard InChI is InChI=1S/C37H36F3N5O4/c1-48-36(47)45-33(32(24-11-4-2-5-12-24)25-13-6-3-7-14-25)35(46)44-28-15-9-8-10-23(28)16-18-27-21-41-31(22-49-27)34-42-29-19-17-26(37(38,39)40)20-30(29)43-34/h2-15,17,19-20,27,31-33,41H,16,18,21-22H2,1H3,(H,42,43)(H,44,46)(H,45,47)/t27-,31+,33?/m1/s1. The molecule has 0 spiro atoms. The third-order valence-electron chi connectivity index (χ3n) is 8.65. The molecule has 0 saturated carbocycles. The van der Waals surface area contributed by atoms with Crippen molar-refractivity contribution in [1.29, 1.82) is 0 Å². The number of alkyl carbamates (subject to hydrolysis) is 1. The van der Waals surface area contributed by atoms with Gasteiger partial charge in [0.25, 0.3) is 0 Å². The molecule has 1 aliphatic heterocycles. The van der Waals surface area contributed by atoms with Crippen LogP contribution in [0, 0.1) is 0 Å². The van der Waals surface area contributed by atoms with E-state index in [-0.39, 0.29) is 18.8 Å². The number of anilines is 1. The minimum Gasteiger partial charge on any atom is -0.453 e. The maximum atomic E-state index is 14.0. The highest BCUT2D eigenvalue weighted by Crippen LogP contribution is 2.32. The fourth-order valence-corrected chi connectivity index (χ4v) is 6.13. The van der Waals surface area contributed by atoms with Crippen molar-refractivity contribution < 1.29 is 32.2 Å². The van der Waals surface area contributed by atoms with Crippen LogP contribution in [0.15, 0.2) is 103 Å². The first-order valence-electron chi connectivity index (χ1n) is 15.9. The van der Waals surface area contributed by atoms with Crippen LogP contribution in [-0.4, -0.2) is 54.4 Å². The summed E-state index contributed by atoms with van der Waals surface area (Å²) in [6.07, 6.45) is -4.07. The third-order valence-corrected chi connectivity index (χ3v) is 8.65. The number of benzene rings is 4. The second-order valence-electron chi connectivity index (χ2n) is 11.9. The first-order chi connectivity index (χ1) is 23.7. The van der Waals surface area contributed by atoms with Crippen molar-refractivity contribution in [3.8, 4) is 0 Å². The lowest BCUT2D eigenvalue weighted by atomic mass is 9.84. The van der Waals surface area contributed by atoms with Crippen molar-refractivity contribution in [2.75, 3.05) is 25.6 Å². The van der Waals surface area contributed by atoms with E-state index >= 15 is 0 Å². The Hall–Kier alpha value is -5.20. The summed E-state index contributed by atoms with van der Waals surface area (Å²) in [5.74, 6) is -0.385. The van der Waals surface area contributed by atoms with Gasteiger partial charge in [-0.2, -0.15) is 13.2 Å². The summed E-state index contributed by atoms with van der Waals surface area (Å²) in [4.78, 5) is 34.0. The Labute approximate surface area is 281 Å². The van der Waals surface area contributed by atoms with E-state index in [9.17, 15) is 22.8 Å². The van der Waals surface area contributed by atoms with Gasteiger partial charge in [-0.05, 0) is 53.8 Å². The Balaban J connectivity index is 1.12. The number of rotatable bonds is 10. The number of aromatic amines is 1. The van der Waals surface area contributed by atoms with Gasteiger partial charge in [0.2, 0.25) is 5.91 Å². The second-order valence-corrected chi connectivity index (χ2v) is 11.9. The van der Waals surface area contributed by atoms with Crippen LogP contribution in [0.1, 0.15) is 46.5 Å². The normalized spacial score (nSPS) is 17.1. The molecule has 0 bridgehead atoms. The Morgan fingerprint density at radius 3 is 2.27 bits per heavy atom. The summed E-state index contributed by atoms with van der Waals surface area (Å²) in [7, 11) is 1.26. The van der Waals surface area contributed by atoms with Gasteiger partial charge < -0.3 is 30.4 Å². The summed E-state index contributed by atoms with van der Waals surface area (Å²) in [5, 5.41) is 9.21. The van der Waals surface area contributed by atoms with Gasteiger partial charge >= 0.3 is 12.3 Å². The lowest BCUT2D eigenvalue weighted by Gasteiger charge is -2.30. The molecule has 1 aliphatic rings. The van der Waals surface area contributed by atoms with Crippen molar-refractivity contribution in [3.63, 3.8) is 0 Å². The maximum Gasteiger partial charge on any atom is 0.416 e. The largest absolute Gasteiger partial charge is 0.453 e. The molecule has 1 fully saturated rings. The zero-order valence-electron chi connectivity index (χ0n) is 26.7. The zero-order chi connectivity index (χ0) is 34.4. The van der Waals surface area contributed by atoms with Gasteiger partial charge in [0, 0.05) is 18.2 Å². The number of para-hydroxylation sites is 1. The van der Waals surface area contributed by atoms with E-state index in [0.717, 1.165) is 28.8 Å². The predicted molar refractivity (Wildman–Crippen MR) is 179 cm³/mol. The number of methoxy groups -OCH3 is 1. The summed E-state index contributed by atoms with van der Waals surface area (Å²) in [5.41, 5.74) is 3.25. The number of carbonyl (C=O) groups is 2. The van der Waals surface area contributed by atoms with Crippen LogP contribution in [0.5, 0.6) is 0 Å². The molecule has 9 nitrogen and oxygen atoms in total. The Morgan fingerprint density at radius 1 is 0.959 bits per heavy atom. The minimum atomic E-state index is -4.44. The smallest absolute Gasteiger partial charge is 0.416 e. The Bertz CT molecular complexity index is 1840. The van der Waals surface area contributed by atoms with Crippen LogP contribution in [0.25, 0.3) is 11.0 Å². The molecule has 0 aliphatic carbocycles. The summed E-state index contributed by atoms with van der Waals surface area (Å²) in [6.45, 7) is 0.793. The molecule has 2 amide bonds. The van der Waals surface area contributed by atoms with Crippen LogP contribution in [0.2, 0.25) is 0 Å². The average Bonchev–Trinajstić information content (AvgIpc) is 3.55. The predicted octanol–water partition coefficient (Wildman–Crippen LogP) is 6.74. The molecule has 1 unspecified atom stereocenters. The monoisotopic (exact) mass is 671 g/mol. The first kappa shape index (κ1) is 33.7. The molecule has 4 aromatic carbocycles. The number of fused-ring (bicyclic) bond motifs is 1. The number of amides is 2. The number of H-pyrrole nitrogens is 1. The average molecular weight is 672 g/mol. The van der Waals surface area contributed by atoms with Gasteiger partial charge in [-0.25, -0.2) is 9.78 Å². The van der Waals surface area contributed by atoms with Gasteiger partial charge in [-0.3, -0.25) is 4.79 Å². The maximum absolute atomic E-state index is 14.0. The van der Waals surface area contributed by atoms with Crippen molar-refractivity contribution >= 4 is 28.7 Å². The molecular formula is C37H36F3N5O4. The topological polar surface area (TPSA) is 117 Å². The molecule has 3 atom stereocenters.